The van der Waals surface area contributed by atoms with E-state index >= 15 is 0 Å². The molecule has 8 heteroatoms. The summed E-state index contributed by atoms with van der Waals surface area (Å²) in [5.41, 5.74) is 0.440. The van der Waals surface area contributed by atoms with E-state index in [9.17, 15) is 9.59 Å². The van der Waals surface area contributed by atoms with E-state index in [-0.39, 0.29) is 30.4 Å². The van der Waals surface area contributed by atoms with Crippen LogP contribution in [0.15, 0.2) is 29.1 Å². The molecular formula is C16H21ClN4O3. The fourth-order valence-corrected chi connectivity index (χ4v) is 2.66. The summed E-state index contributed by atoms with van der Waals surface area (Å²) in [6.45, 7) is 4.48. The van der Waals surface area contributed by atoms with Crippen LogP contribution in [0.25, 0.3) is 10.9 Å². The van der Waals surface area contributed by atoms with Gasteiger partial charge in [0.25, 0.3) is 11.5 Å². The molecule has 1 amide bonds. The topological polar surface area (TPSA) is 87.3 Å². The van der Waals surface area contributed by atoms with Crippen LogP contribution in [0.5, 0.6) is 0 Å². The van der Waals surface area contributed by atoms with Gasteiger partial charge >= 0.3 is 0 Å². The van der Waals surface area contributed by atoms with Gasteiger partial charge in [0, 0.05) is 19.6 Å². The number of carbonyl (C=O) groups is 1. The largest absolute Gasteiger partial charge is 0.366 e. The SMILES string of the molecule is CCN(Cc1nc2ccccc2c(=O)[nH]1)C(=O)C1CNCCO1.Cl. The third-order valence-electron chi connectivity index (χ3n) is 3.90. The molecule has 2 aromatic rings. The van der Waals surface area contributed by atoms with E-state index in [0.29, 0.717) is 36.4 Å². The Hall–Kier alpha value is -1.96. The van der Waals surface area contributed by atoms with Gasteiger partial charge in [-0.2, -0.15) is 0 Å². The maximum absolute atomic E-state index is 12.5. The molecule has 0 spiro atoms. The third-order valence-corrected chi connectivity index (χ3v) is 3.90. The number of nitrogens with zero attached hydrogens (tertiary/aromatic N) is 2. The van der Waals surface area contributed by atoms with Crippen LogP contribution in [0.1, 0.15) is 12.7 Å². The average Bonchev–Trinajstić information content (AvgIpc) is 2.60. The summed E-state index contributed by atoms with van der Waals surface area (Å²) in [5, 5.41) is 3.69. The molecule has 0 aliphatic carbocycles. The van der Waals surface area contributed by atoms with E-state index in [2.05, 4.69) is 15.3 Å². The lowest BCUT2D eigenvalue weighted by atomic mass is 10.2. The standard InChI is InChI=1S/C16H20N4O3.ClH/c1-2-20(16(22)13-9-17-7-8-23-13)10-14-18-12-6-4-3-5-11(12)15(21)19-14;/h3-6,13,17H,2,7-10H2,1H3,(H,18,19,21);1H. The van der Waals surface area contributed by atoms with Crippen molar-refractivity contribution < 1.29 is 9.53 Å². The number of morpholine rings is 1. The molecule has 130 valence electrons. The van der Waals surface area contributed by atoms with Crippen molar-refractivity contribution in [3.8, 4) is 0 Å². The smallest absolute Gasteiger partial charge is 0.258 e. The maximum atomic E-state index is 12.5. The Morgan fingerprint density at radius 3 is 2.92 bits per heavy atom. The van der Waals surface area contributed by atoms with E-state index in [1.54, 1.807) is 23.1 Å². The van der Waals surface area contributed by atoms with Crippen molar-refractivity contribution in [2.75, 3.05) is 26.2 Å². The molecule has 1 aromatic carbocycles. The van der Waals surface area contributed by atoms with Gasteiger partial charge in [0.1, 0.15) is 11.9 Å². The number of ether oxygens (including phenoxy) is 1. The lowest BCUT2D eigenvalue weighted by Gasteiger charge is -2.28. The number of aromatic nitrogens is 2. The van der Waals surface area contributed by atoms with Crippen LogP contribution in [0.4, 0.5) is 0 Å². The Bertz CT molecular complexity index is 758. The monoisotopic (exact) mass is 352 g/mol. The molecule has 24 heavy (non-hydrogen) atoms. The molecule has 1 fully saturated rings. The van der Waals surface area contributed by atoms with Gasteiger partial charge in [-0.1, -0.05) is 12.1 Å². The summed E-state index contributed by atoms with van der Waals surface area (Å²) in [7, 11) is 0. The Morgan fingerprint density at radius 1 is 1.42 bits per heavy atom. The number of rotatable bonds is 4. The van der Waals surface area contributed by atoms with Crippen molar-refractivity contribution in [1.29, 1.82) is 0 Å². The molecule has 7 nitrogen and oxygen atoms in total. The number of para-hydroxylation sites is 1. The molecule has 1 saturated heterocycles. The van der Waals surface area contributed by atoms with Crippen molar-refractivity contribution in [3.05, 3.63) is 40.4 Å². The normalized spacial score (nSPS) is 17.3. The lowest BCUT2D eigenvalue weighted by Crippen LogP contribution is -2.49. The number of halogens is 1. The summed E-state index contributed by atoms with van der Waals surface area (Å²) in [5.74, 6) is 0.392. The molecular weight excluding hydrogens is 332 g/mol. The van der Waals surface area contributed by atoms with E-state index in [4.69, 9.17) is 4.74 Å². The lowest BCUT2D eigenvalue weighted by molar-refractivity contribution is -0.145. The minimum atomic E-state index is -0.476. The zero-order valence-electron chi connectivity index (χ0n) is 13.4. The maximum Gasteiger partial charge on any atom is 0.258 e. The van der Waals surface area contributed by atoms with E-state index in [0.717, 1.165) is 6.54 Å². The highest BCUT2D eigenvalue weighted by Gasteiger charge is 2.26. The molecule has 2 N–H and O–H groups in total. The number of fused-ring (bicyclic) bond motifs is 1. The Kier molecular flexibility index (Phi) is 6.30. The molecule has 1 aliphatic rings. The van der Waals surface area contributed by atoms with Crippen molar-refractivity contribution in [3.63, 3.8) is 0 Å². The Balaban J connectivity index is 0.00000208. The molecule has 1 unspecified atom stereocenters. The van der Waals surface area contributed by atoms with Crippen LogP contribution in [-0.4, -0.2) is 53.1 Å². The number of carbonyl (C=O) groups excluding carboxylic acids is 1. The Morgan fingerprint density at radius 2 is 2.21 bits per heavy atom. The zero-order chi connectivity index (χ0) is 16.2. The van der Waals surface area contributed by atoms with Gasteiger partial charge < -0.3 is 19.9 Å². The van der Waals surface area contributed by atoms with E-state index < -0.39 is 6.10 Å². The second-order valence-electron chi connectivity index (χ2n) is 5.45. The minimum Gasteiger partial charge on any atom is -0.366 e. The number of H-pyrrole nitrogens is 1. The first kappa shape index (κ1) is 18.4. The summed E-state index contributed by atoms with van der Waals surface area (Å²) in [4.78, 5) is 33.5. The Labute approximate surface area is 145 Å². The summed E-state index contributed by atoms with van der Waals surface area (Å²) < 4.78 is 5.51. The van der Waals surface area contributed by atoms with Crippen molar-refractivity contribution in [2.45, 2.75) is 19.6 Å². The van der Waals surface area contributed by atoms with Crippen LogP contribution < -0.4 is 10.9 Å². The molecule has 0 bridgehead atoms. The highest BCUT2D eigenvalue weighted by atomic mass is 35.5. The number of nitrogens with one attached hydrogen (secondary N) is 2. The van der Waals surface area contributed by atoms with Crippen LogP contribution in [0.2, 0.25) is 0 Å². The third kappa shape index (κ3) is 3.92. The van der Waals surface area contributed by atoms with Gasteiger partial charge in [-0.25, -0.2) is 4.98 Å². The summed E-state index contributed by atoms with van der Waals surface area (Å²) >= 11 is 0. The second-order valence-corrected chi connectivity index (χ2v) is 5.45. The van der Waals surface area contributed by atoms with Gasteiger partial charge in [-0.3, -0.25) is 9.59 Å². The number of hydrogen-bond donors (Lipinski definition) is 2. The average molecular weight is 353 g/mol. The number of hydrogen-bond acceptors (Lipinski definition) is 5. The van der Waals surface area contributed by atoms with Crippen molar-refractivity contribution in [2.24, 2.45) is 0 Å². The first-order chi connectivity index (χ1) is 11.2. The second kappa shape index (κ2) is 8.23. The van der Waals surface area contributed by atoms with Crippen LogP contribution >= 0.6 is 12.4 Å². The zero-order valence-corrected chi connectivity index (χ0v) is 14.3. The molecule has 1 aliphatic heterocycles. The van der Waals surface area contributed by atoms with Gasteiger partial charge in [0.2, 0.25) is 0 Å². The highest BCUT2D eigenvalue weighted by molar-refractivity contribution is 5.85. The fraction of sp³-hybridized carbons (Fsp3) is 0.438. The quantitative estimate of drug-likeness (QED) is 0.845. The van der Waals surface area contributed by atoms with Gasteiger partial charge in [-0.15, -0.1) is 12.4 Å². The van der Waals surface area contributed by atoms with Gasteiger partial charge in [-0.05, 0) is 19.1 Å². The van der Waals surface area contributed by atoms with Gasteiger partial charge in [0.15, 0.2) is 0 Å². The number of likely N-dealkylation sites (N-methyl/N-ethyl adjacent to an activating group) is 1. The van der Waals surface area contributed by atoms with Crippen molar-refractivity contribution in [1.82, 2.24) is 20.2 Å². The summed E-state index contributed by atoms with van der Waals surface area (Å²) in [6, 6.07) is 7.16. The van der Waals surface area contributed by atoms with Crippen LogP contribution in [-0.2, 0) is 16.1 Å². The predicted octanol–water partition coefficient (Wildman–Crippen LogP) is 0.682. The number of amides is 1. The molecule has 1 aromatic heterocycles. The van der Waals surface area contributed by atoms with E-state index in [1.165, 1.54) is 0 Å². The number of benzene rings is 1. The minimum absolute atomic E-state index is 0. The molecule has 0 radical (unpaired) electrons. The molecule has 3 rings (SSSR count). The highest BCUT2D eigenvalue weighted by Crippen LogP contribution is 2.09. The van der Waals surface area contributed by atoms with Crippen LogP contribution in [0.3, 0.4) is 0 Å². The fourth-order valence-electron chi connectivity index (χ4n) is 2.66. The molecule has 2 heterocycles. The van der Waals surface area contributed by atoms with E-state index in [1.807, 2.05) is 13.0 Å². The first-order valence-corrected chi connectivity index (χ1v) is 7.78. The molecule has 1 atom stereocenters. The van der Waals surface area contributed by atoms with Crippen molar-refractivity contribution >= 4 is 29.2 Å². The van der Waals surface area contributed by atoms with Gasteiger partial charge in [0.05, 0.1) is 24.1 Å². The predicted molar refractivity (Wildman–Crippen MR) is 93.3 cm³/mol. The summed E-state index contributed by atoms with van der Waals surface area (Å²) in [6.07, 6.45) is -0.476. The number of aromatic amines is 1. The van der Waals surface area contributed by atoms with Crippen LogP contribution in [0, 0.1) is 0 Å². The molecule has 0 saturated carbocycles. The first-order valence-electron chi connectivity index (χ1n) is 7.78.